The third-order valence-corrected chi connectivity index (χ3v) is 2.72. The average Bonchev–Trinajstić information content (AvgIpc) is 2.32. The number of Topliss-reactive ketones (excluding diaryl/α,β-unsaturated/α-hetero) is 1. The minimum atomic E-state index is -0.247. The monoisotopic (exact) mass is 231 g/mol. The molecule has 0 bridgehead atoms. The smallest absolute Gasteiger partial charge is 0.248 e. The molecule has 0 spiro atoms. The average molecular weight is 231 g/mol. The van der Waals surface area contributed by atoms with Gasteiger partial charge >= 0.3 is 0 Å². The van der Waals surface area contributed by atoms with Gasteiger partial charge in [-0.05, 0) is 5.57 Å². The van der Waals surface area contributed by atoms with Gasteiger partial charge in [0.15, 0.2) is 5.78 Å². The van der Waals surface area contributed by atoms with E-state index >= 15 is 0 Å². The minimum absolute atomic E-state index is 0.0450. The number of aromatic amines is 1. The molecular formula is C12H13N3O2. The number of carbonyl (C=O) groups is 1. The number of aromatic nitrogens is 1. The van der Waals surface area contributed by atoms with E-state index in [1.807, 2.05) is 0 Å². The van der Waals surface area contributed by atoms with E-state index in [0.717, 1.165) is 0 Å². The molecule has 1 aliphatic heterocycles. The number of nitrogens with zero attached hydrogens (tertiary/aromatic N) is 1. The molecule has 0 radical (unpaired) electrons. The van der Waals surface area contributed by atoms with Gasteiger partial charge in [0.05, 0.1) is 5.69 Å². The van der Waals surface area contributed by atoms with Gasteiger partial charge in [-0.1, -0.05) is 13.5 Å². The number of hydrazine groups is 1. The number of anilines is 1. The number of pyridine rings is 1. The molecule has 5 heteroatoms. The number of hydrogen-bond acceptors (Lipinski definition) is 4. The van der Waals surface area contributed by atoms with Crippen molar-refractivity contribution < 1.29 is 4.79 Å². The summed E-state index contributed by atoms with van der Waals surface area (Å²) >= 11 is 0. The Morgan fingerprint density at radius 1 is 1.59 bits per heavy atom. The molecule has 5 nitrogen and oxygen atoms in total. The summed E-state index contributed by atoms with van der Waals surface area (Å²) in [5.41, 5.74) is 1.97. The maximum atomic E-state index is 11.7. The summed E-state index contributed by atoms with van der Waals surface area (Å²) in [4.78, 5) is 25.5. The van der Waals surface area contributed by atoms with Crippen LogP contribution in [0.1, 0.15) is 18.9 Å². The van der Waals surface area contributed by atoms with E-state index in [-0.39, 0.29) is 11.3 Å². The first-order valence-electron chi connectivity index (χ1n) is 5.26. The van der Waals surface area contributed by atoms with Crippen LogP contribution in [-0.2, 0) is 4.79 Å². The van der Waals surface area contributed by atoms with E-state index in [4.69, 9.17) is 5.84 Å². The lowest BCUT2D eigenvalue weighted by Crippen LogP contribution is -2.31. The number of ketones is 1. The number of rotatable bonds is 2. The second-order valence-electron chi connectivity index (χ2n) is 3.80. The van der Waals surface area contributed by atoms with Crippen LogP contribution >= 0.6 is 0 Å². The SMILES string of the molecule is C=C1C(C(=O)CC)=CN(N)c2c[nH]c(=O)cc21. The van der Waals surface area contributed by atoms with Crippen LogP contribution in [0, 0.1) is 0 Å². The van der Waals surface area contributed by atoms with E-state index in [2.05, 4.69) is 11.6 Å². The number of nitrogens with one attached hydrogen (secondary N) is 1. The molecular weight excluding hydrogens is 218 g/mol. The molecule has 2 heterocycles. The van der Waals surface area contributed by atoms with Gasteiger partial charge in [0.25, 0.3) is 0 Å². The van der Waals surface area contributed by atoms with Crippen molar-refractivity contribution in [2.45, 2.75) is 13.3 Å². The molecule has 3 N–H and O–H groups in total. The molecule has 0 unspecified atom stereocenters. The Hall–Kier alpha value is -2.14. The lowest BCUT2D eigenvalue weighted by Gasteiger charge is -2.25. The summed E-state index contributed by atoms with van der Waals surface area (Å²) < 4.78 is 0. The van der Waals surface area contributed by atoms with E-state index < -0.39 is 0 Å². The van der Waals surface area contributed by atoms with Crippen molar-refractivity contribution in [2.75, 3.05) is 5.01 Å². The van der Waals surface area contributed by atoms with Gasteiger partial charge in [-0.2, -0.15) is 0 Å². The highest BCUT2D eigenvalue weighted by Gasteiger charge is 2.23. The van der Waals surface area contributed by atoms with Gasteiger partial charge in [-0.15, -0.1) is 0 Å². The lowest BCUT2D eigenvalue weighted by molar-refractivity contribution is -0.114. The van der Waals surface area contributed by atoms with Crippen molar-refractivity contribution >= 4 is 17.0 Å². The first kappa shape index (κ1) is 11.3. The van der Waals surface area contributed by atoms with Gasteiger partial charge in [-0.25, -0.2) is 5.84 Å². The zero-order valence-electron chi connectivity index (χ0n) is 9.49. The number of nitrogens with two attached hydrogens (primary N) is 1. The molecule has 1 aromatic rings. The highest BCUT2D eigenvalue weighted by Crippen LogP contribution is 2.33. The number of allylic oxidation sites excluding steroid dienone is 2. The molecule has 1 aliphatic rings. The van der Waals surface area contributed by atoms with Crippen molar-refractivity contribution in [3.05, 3.63) is 46.5 Å². The third-order valence-electron chi connectivity index (χ3n) is 2.72. The van der Waals surface area contributed by atoms with Crippen LogP contribution in [0.2, 0.25) is 0 Å². The molecule has 1 aromatic heterocycles. The maximum Gasteiger partial charge on any atom is 0.248 e. The number of H-pyrrole nitrogens is 1. The fraction of sp³-hybridized carbons (Fsp3) is 0.167. The number of hydrogen-bond donors (Lipinski definition) is 2. The Morgan fingerprint density at radius 2 is 2.29 bits per heavy atom. The second-order valence-corrected chi connectivity index (χ2v) is 3.80. The number of fused-ring (bicyclic) bond motifs is 1. The number of carbonyl (C=O) groups excluding carboxylic acids is 1. The Bertz CT molecular complexity index is 584. The van der Waals surface area contributed by atoms with E-state index in [0.29, 0.717) is 28.8 Å². The molecule has 88 valence electrons. The largest absolute Gasteiger partial charge is 0.327 e. The molecule has 2 rings (SSSR count). The fourth-order valence-corrected chi connectivity index (χ4v) is 1.78. The molecule has 0 saturated heterocycles. The maximum absolute atomic E-state index is 11.7. The lowest BCUT2D eigenvalue weighted by atomic mass is 9.93. The summed E-state index contributed by atoms with van der Waals surface area (Å²) in [6, 6.07) is 1.40. The van der Waals surface area contributed by atoms with Crippen molar-refractivity contribution in [1.29, 1.82) is 0 Å². The Balaban J connectivity index is 2.58. The highest BCUT2D eigenvalue weighted by atomic mass is 16.1. The normalized spacial score (nSPS) is 14.4. The van der Waals surface area contributed by atoms with Gasteiger partial charge < -0.3 is 4.98 Å². The first-order valence-corrected chi connectivity index (χ1v) is 5.26. The summed E-state index contributed by atoms with van der Waals surface area (Å²) in [7, 11) is 0. The predicted octanol–water partition coefficient (Wildman–Crippen LogP) is 0.945. The zero-order valence-corrected chi connectivity index (χ0v) is 9.49. The highest BCUT2D eigenvalue weighted by molar-refractivity contribution is 6.12. The zero-order chi connectivity index (χ0) is 12.6. The van der Waals surface area contributed by atoms with Gasteiger partial charge in [0.1, 0.15) is 0 Å². The van der Waals surface area contributed by atoms with Gasteiger partial charge in [0.2, 0.25) is 5.56 Å². The second kappa shape index (κ2) is 4.03. The van der Waals surface area contributed by atoms with Crippen LogP contribution in [0.15, 0.2) is 35.4 Å². The first-order chi connectivity index (χ1) is 8.04. The van der Waals surface area contributed by atoms with Gasteiger partial charge in [0, 0.05) is 36.0 Å². The summed E-state index contributed by atoms with van der Waals surface area (Å²) in [5, 5.41) is 1.32. The van der Waals surface area contributed by atoms with Crippen LogP contribution in [0.4, 0.5) is 5.69 Å². The topological polar surface area (TPSA) is 79.2 Å². The van der Waals surface area contributed by atoms with Crippen molar-refractivity contribution in [3.8, 4) is 0 Å². The van der Waals surface area contributed by atoms with Crippen LogP contribution in [-0.4, -0.2) is 10.8 Å². The van der Waals surface area contributed by atoms with Crippen LogP contribution in [0.5, 0.6) is 0 Å². The molecule has 0 fully saturated rings. The quantitative estimate of drug-likeness (QED) is 0.742. The molecule has 17 heavy (non-hydrogen) atoms. The van der Waals surface area contributed by atoms with E-state index in [1.54, 1.807) is 6.92 Å². The van der Waals surface area contributed by atoms with Crippen molar-refractivity contribution in [3.63, 3.8) is 0 Å². The molecule has 0 saturated carbocycles. The minimum Gasteiger partial charge on any atom is -0.327 e. The Morgan fingerprint density at radius 3 is 2.94 bits per heavy atom. The van der Waals surface area contributed by atoms with Crippen molar-refractivity contribution in [1.82, 2.24) is 4.98 Å². The Kier molecular flexibility index (Phi) is 2.69. The van der Waals surface area contributed by atoms with E-state index in [1.165, 1.54) is 23.5 Å². The summed E-state index contributed by atoms with van der Waals surface area (Å²) in [6.07, 6.45) is 3.42. The van der Waals surface area contributed by atoms with E-state index in [9.17, 15) is 9.59 Å². The van der Waals surface area contributed by atoms with Crippen LogP contribution < -0.4 is 16.4 Å². The molecule has 0 atom stereocenters. The van der Waals surface area contributed by atoms with Crippen LogP contribution in [0.3, 0.4) is 0 Å². The molecule has 0 aliphatic carbocycles. The Labute approximate surface area is 98.2 Å². The standard InChI is InChI=1S/C12H13N3O2/c1-3-11(16)9-6-15(13)10-5-14-12(17)4-8(10)7(9)2/h4-6H,2-3,13H2,1H3,(H,14,17). The third kappa shape index (κ3) is 1.81. The predicted molar refractivity (Wildman–Crippen MR) is 66.1 cm³/mol. The fourth-order valence-electron chi connectivity index (χ4n) is 1.78. The molecule has 0 aromatic carbocycles. The summed E-state index contributed by atoms with van der Waals surface area (Å²) in [5.74, 6) is 5.74. The van der Waals surface area contributed by atoms with Crippen LogP contribution in [0.25, 0.3) is 5.57 Å². The van der Waals surface area contributed by atoms with Crippen molar-refractivity contribution in [2.24, 2.45) is 5.84 Å². The summed E-state index contributed by atoms with van der Waals surface area (Å²) in [6.45, 7) is 5.63. The molecule has 0 amide bonds. The van der Waals surface area contributed by atoms with Gasteiger partial charge in [-0.3, -0.25) is 14.6 Å².